The van der Waals surface area contributed by atoms with E-state index in [0.29, 0.717) is 12.5 Å². The van der Waals surface area contributed by atoms with Crippen LogP contribution in [0.3, 0.4) is 0 Å². The minimum absolute atomic E-state index is 0.0837. The van der Waals surface area contributed by atoms with Crippen LogP contribution < -0.4 is 0 Å². The molecule has 1 aliphatic rings. The number of rotatable bonds is 5. The average Bonchev–Trinajstić information content (AvgIpc) is 2.18. The minimum Gasteiger partial charge on any atom is -0.297 e. The third-order valence-electron chi connectivity index (χ3n) is 2.72. The SMILES string of the molecule is C=C[C@H]1CCCCN1CCC[N+](=O)[O-]. The van der Waals surface area contributed by atoms with Gasteiger partial charge in [0.1, 0.15) is 0 Å². The van der Waals surface area contributed by atoms with Crippen LogP contribution in [0.25, 0.3) is 0 Å². The van der Waals surface area contributed by atoms with Crippen molar-refractivity contribution in [2.75, 3.05) is 19.6 Å². The van der Waals surface area contributed by atoms with Gasteiger partial charge in [-0.05, 0) is 19.4 Å². The molecule has 14 heavy (non-hydrogen) atoms. The standard InChI is InChI=1S/C10H18N2O2/c1-2-10-6-3-4-7-11(10)8-5-9-12(13)14/h2,10H,1,3-9H2/t10-/m0/s1. The molecule has 1 aliphatic heterocycles. The molecule has 80 valence electrons. The van der Waals surface area contributed by atoms with Crippen molar-refractivity contribution in [2.45, 2.75) is 31.7 Å². The van der Waals surface area contributed by atoms with E-state index in [1.165, 1.54) is 12.8 Å². The fourth-order valence-corrected chi connectivity index (χ4v) is 1.96. The predicted molar refractivity (Wildman–Crippen MR) is 55.9 cm³/mol. The van der Waals surface area contributed by atoms with Crippen molar-refractivity contribution in [3.05, 3.63) is 22.8 Å². The summed E-state index contributed by atoms with van der Waals surface area (Å²) in [7, 11) is 0. The Hall–Kier alpha value is -0.900. The molecule has 1 heterocycles. The minimum atomic E-state index is -0.243. The lowest BCUT2D eigenvalue weighted by molar-refractivity contribution is -0.480. The molecule has 0 spiro atoms. The van der Waals surface area contributed by atoms with Crippen molar-refractivity contribution >= 4 is 0 Å². The smallest absolute Gasteiger partial charge is 0.205 e. The number of piperidine rings is 1. The monoisotopic (exact) mass is 198 g/mol. The molecule has 0 unspecified atom stereocenters. The van der Waals surface area contributed by atoms with E-state index in [0.717, 1.165) is 19.5 Å². The van der Waals surface area contributed by atoms with Crippen molar-refractivity contribution in [1.82, 2.24) is 4.90 Å². The van der Waals surface area contributed by atoms with Gasteiger partial charge in [0.05, 0.1) is 0 Å². The zero-order valence-corrected chi connectivity index (χ0v) is 8.52. The van der Waals surface area contributed by atoms with Crippen LogP contribution in [0.2, 0.25) is 0 Å². The van der Waals surface area contributed by atoms with Crippen LogP contribution in [-0.2, 0) is 0 Å². The lowest BCUT2D eigenvalue weighted by Crippen LogP contribution is -2.39. The maximum atomic E-state index is 10.2. The summed E-state index contributed by atoms with van der Waals surface area (Å²) in [6, 6.07) is 0.440. The van der Waals surface area contributed by atoms with Crippen LogP contribution in [0.5, 0.6) is 0 Å². The second kappa shape index (κ2) is 5.75. The Morgan fingerprint density at radius 1 is 1.57 bits per heavy atom. The van der Waals surface area contributed by atoms with Gasteiger partial charge < -0.3 is 0 Å². The molecule has 1 atom stereocenters. The molecule has 0 radical (unpaired) electrons. The van der Waals surface area contributed by atoms with Gasteiger partial charge in [-0.1, -0.05) is 12.5 Å². The van der Waals surface area contributed by atoms with Crippen molar-refractivity contribution in [3.63, 3.8) is 0 Å². The first-order valence-corrected chi connectivity index (χ1v) is 5.22. The molecule has 0 amide bonds. The molecule has 1 saturated heterocycles. The maximum absolute atomic E-state index is 10.2. The van der Waals surface area contributed by atoms with Crippen LogP contribution in [0.15, 0.2) is 12.7 Å². The predicted octanol–water partition coefficient (Wildman–Crippen LogP) is 1.69. The van der Waals surface area contributed by atoms with E-state index < -0.39 is 0 Å². The molecule has 1 fully saturated rings. The highest BCUT2D eigenvalue weighted by Gasteiger charge is 2.19. The van der Waals surface area contributed by atoms with E-state index >= 15 is 0 Å². The molecule has 0 saturated carbocycles. The maximum Gasteiger partial charge on any atom is 0.205 e. The summed E-state index contributed by atoms with van der Waals surface area (Å²) in [5, 5.41) is 10.2. The van der Waals surface area contributed by atoms with Gasteiger partial charge in [-0.25, -0.2) is 0 Å². The largest absolute Gasteiger partial charge is 0.297 e. The summed E-state index contributed by atoms with van der Waals surface area (Å²) in [6.07, 6.45) is 6.23. The lowest BCUT2D eigenvalue weighted by atomic mass is 10.0. The van der Waals surface area contributed by atoms with E-state index in [9.17, 15) is 10.1 Å². The summed E-state index contributed by atoms with van der Waals surface area (Å²) >= 11 is 0. The summed E-state index contributed by atoms with van der Waals surface area (Å²) in [6.45, 7) is 5.78. The molecule has 0 bridgehead atoms. The van der Waals surface area contributed by atoms with Crippen molar-refractivity contribution in [1.29, 1.82) is 0 Å². The molecule has 4 nitrogen and oxygen atoms in total. The first kappa shape index (κ1) is 11.2. The van der Waals surface area contributed by atoms with Crippen molar-refractivity contribution < 1.29 is 4.92 Å². The van der Waals surface area contributed by atoms with Gasteiger partial charge in [-0.3, -0.25) is 15.0 Å². The van der Waals surface area contributed by atoms with Crippen molar-refractivity contribution in [3.8, 4) is 0 Å². The van der Waals surface area contributed by atoms with E-state index in [1.807, 2.05) is 6.08 Å². The van der Waals surface area contributed by atoms with Crippen LogP contribution in [0.1, 0.15) is 25.7 Å². The highest BCUT2D eigenvalue weighted by Crippen LogP contribution is 2.17. The number of hydrogen-bond donors (Lipinski definition) is 0. The number of nitro groups is 1. The number of nitrogens with zero attached hydrogens (tertiary/aromatic N) is 2. The first-order chi connectivity index (χ1) is 6.74. The van der Waals surface area contributed by atoms with Crippen LogP contribution >= 0.6 is 0 Å². The highest BCUT2D eigenvalue weighted by molar-refractivity contribution is 4.90. The van der Waals surface area contributed by atoms with Crippen LogP contribution in [0, 0.1) is 10.1 Å². The molecule has 0 N–H and O–H groups in total. The zero-order chi connectivity index (χ0) is 10.4. The Labute approximate surface area is 84.7 Å². The van der Waals surface area contributed by atoms with Crippen molar-refractivity contribution in [2.24, 2.45) is 0 Å². The fourth-order valence-electron chi connectivity index (χ4n) is 1.96. The quantitative estimate of drug-likeness (QED) is 0.383. The van der Waals surface area contributed by atoms with Gasteiger partial charge in [-0.2, -0.15) is 0 Å². The second-order valence-electron chi connectivity index (χ2n) is 3.74. The van der Waals surface area contributed by atoms with Crippen LogP contribution in [0.4, 0.5) is 0 Å². The van der Waals surface area contributed by atoms with Gasteiger partial charge in [0.15, 0.2) is 0 Å². The Kier molecular flexibility index (Phi) is 4.59. The highest BCUT2D eigenvalue weighted by atomic mass is 16.6. The number of likely N-dealkylation sites (tertiary alicyclic amines) is 1. The fraction of sp³-hybridized carbons (Fsp3) is 0.800. The molecule has 4 heteroatoms. The zero-order valence-electron chi connectivity index (χ0n) is 8.52. The molecule has 0 aromatic rings. The molecule has 0 aromatic heterocycles. The third-order valence-corrected chi connectivity index (χ3v) is 2.72. The van der Waals surface area contributed by atoms with Gasteiger partial charge in [0.2, 0.25) is 6.54 Å². The molecule has 0 aliphatic carbocycles. The van der Waals surface area contributed by atoms with E-state index in [1.54, 1.807) is 0 Å². The summed E-state index contributed by atoms with van der Waals surface area (Å²) in [4.78, 5) is 12.2. The Morgan fingerprint density at radius 2 is 2.36 bits per heavy atom. The Balaban J connectivity index is 2.26. The molecule has 1 rings (SSSR count). The second-order valence-corrected chi connectivity index (χ2v) is 3.74. The molecular weight excluding hydrogens is 180 g/mol. The lowest BCUT2D eigenvalue weighted by Gasteiger charge is -2.33. The third kappa shape index (κ3) is 3.46. The van der Waals surface area contributed by atoms with E-state index in [-0.39, 0.29) is 11.5 Å². The van der Waals surface area contributed by atoms with Gasteiger partial charge in [-0.15, -0.1) is 6.58 Å². The topological polar surface area (TPSA) is 46.4 Å². The molecule has 0 aromatic carbocycles. The number of hydrogen-bond acceptors (Lipinski definition) is 3. The van der Waals surface area contributed by atoms with Gasteiger partial charge in [0.25, 0.3) is 0 Å². The Bertz CT molecular complexity index is 206. The van der Waals surface area contributed by atoms with E-state index in [4.69, 9.17) is 0 Å². The van der Waals surface area contributed by atoms with Gasteiger partial charge >= 0.3 is 0 Å². The first-order valence-electron chi connectivity index (χ1n) is 5.22. The Morgan fingerprint density at radius 3 is 3.00 bits per heavy atom. The molecular formula is C10H18N2O2. The van der Waals surface area contributed by atoms with Gasteiger partial charge in [0, 0.05) is 23.9 Å². The normalized spacial score (nSPS) is 23.3. The van der Waals surface area contributed by atoms with E-state index in [2.05, 4.69) is 11.5 Å². The van der Waals surface area contributed by atoms with Crippen LogP contribution in [-0.4, -0.2) is 35.5 Å². The summed E-state index contributed by atoms with van der Waals surface area (Å²) in [5.41, 5.74) is 0. The summed E-state index contributed by atoms with van der Waals surface area (Å²) < 4.78 is 0. The average molecular weight is 198 g/mol. The summed E-state index contributed by atoms with van der Waals surface area (Å²) in [5.74, 6) is 0.